The zero-order valence-corrected chi connectivity index (χ0v) is 8.69. The molecule has 0 aliphatic carbocycles. The summed E-state index contributed by atoms with van der Waals surface area (Å²) in [5.41, 5.74) is 0. The van der Waals surface area contributed by atoms with E-state index in [-0.39, 0.29) is 26.4 Å². The molecule has 0 aromatic carbocycles. The Balaban J connectivity index is 3.91. The number of terminal acetylenes is 2. The van der Waals surface area contributed by atoms with E-state index in [9.17, 15) is 4.79 Å². The highest BCUT2D eigenvalue weighted by Gasteiger charge is 2.19. The lowest BCUT2D eigenvalue weighted by Crippen LogP contribution is -2.26. The van der Waals surface area contributed by atoms with Crippen LogP contribution in [-0.4, -0.2) is 39.5 Å². The molecule has 0 aliphatic heterocycles. The molecule has 82 valence electrons. The molecule has 4 heteroatoms. The third kappa shape index (κ3) is 6.56. The van der Waals surface area contributed by atoms with Crippen molar-refractivity contribution in [2.45, 2.75) is 0 Å². The Kier molecular flexibility index (Phi) is 8.18. The van der Waals surface area contributed by atoms with Crippen molar-refractivity contribution in [1.29, 1.82) is 0 Å². The first-order valence-electron chi connectivity index (χ1n) is 4.36. The molecule has 0 bridgehead atoms. The monoisotopic (exact) mass is 210 g/mol. The van der Waals surface area contributed by atoms with Gasteiger partial charge < -0.3 is 14.2 Å². The fraction of sp³-hybridized carbons (Fsp3) is 0.545. The van der Waals surface area contributed by atoms with Gasteiger partial charge in [-0.2, -0.15) is 0 Å². The Morgan fingerprint density at radius 1 is 1.20 bits per heavy atom. The summed E-state index contributed by atoms with van der Waals surface area (Å²) >= 11 is 0. The van der Waals surface area contributed by atoms with Crippen LogP contribution in [0.25, 0.3) is 0 Å². The zero-order chi connectivity index (χ0) is 11.5. The van der Waals surface area contributed by atoms with E-state index in [1.54, 1.807) is 0 Å². The summed E-state index contributed by atoms with van der Waals surface area (Å²) in [4.78, 5) is 11.2. The Bertz CT molecular complexity index is 239. The molecule has 4 nitrogen and oxygen atoms in total. The third-order valence-electron chi connectivity index (χ3n) is 1.54. The van der Waals surface area contributed by atoms with Crippen LogP contribution in [0.5, 0.6) is 0 Å². The van der Waals surface area contributed by atoms with E-state index in [4.69, 9.17) is 22.3 Å². The van der Waals surface area contributed by atoms with Crippen LogP contribution in [0, 0.1) is 30.6 Å². The second-order valence-corrected chi connectivity index (χ2v) is 2.66. The molecule has 0 radical (unpaired) electrons. The van der Waals surface area contributed by atoms with Crippen molar-refractivity contribution in [1.82, 2.24) is 0 Å². The predicted molar refractivity (Wildman–Crippen MR) is 54.8 cm³/mol. The summed E-state index contributed by atoms with van der Waals surface area (Å²) in [7, 11) is 1.30. The van der Waals surface area contributed by atoms with Crippen LogP contribution in [0.1, 0.15) is 0 Å². The van der Waals surface area contributed by atoms with Crippen LogP contribution in [0.2, 0.25) is 0 Å². The number of esters is 1. The average molecular weight is 210 g/mol. The molecule has 0 aromatic rings. The van der Waals surface area contributed by atoms with Gasteiger partial charge in [0.15, 0.2) is 0 Å². The van der Waals surface area contributed by atoms with Crippen molar-refractivity contribution in [2.24, 2.45) is 5.92 Å². The third-order valence-corrected chi connectivity index (χ3v) is 1.54. The van der Waals surface area contributed by atoms with Gasteiger partial charge in [-0.3, -0.25) is 4.79 Å². The number of ether oxygens (including phenoxy) is 3. The average Bonchev–Trinajstić information content (AvgIpc) is 2.26. The van der Waals surface area contributed by atoms with Gasteiger partial charge in [0, 0.05) is 0 Å². The zero-order valence-electron chi connectivity index (χ0n) is 8.69. The molecule has 0 saturated carbocycles. The molecule has 0 spiro atoms. The number of methoxy groups -OCH3 is 1. The maximum Gasteiger partial charge on any atom is 0.313 e. The highest BCUT2D eigenvalue weighted by molar-refractivity contribution is 5.72. The van der Waals surface area contributed by atoms with Gasteiger partial charge in [0.25, 0.3) is 0 Å². The number of hydrogen-bond acceptors (Lipinski definition) is 4. The molecule has 0 amide bonds. The van der Waals surface area contributed by atoms with Crippen molar-refractivity contribution in [3.63, 3.8) is 0 Å². The van der Waals surface area contributed by atoms with Crippen molar-refractivity contribution >= 4 is 5.97 Å². The van der Waals surface area contributed by atoms with Gasteiger partial charge in [-0.05, 0) is 0 Å². The van der Waals surface area contributed by atoms with Gasteiger partial charge in [-0.15, -0.1) is 12.8 Å². The van der Waals surface area contributed by atoms with E-state index in [2.05, 4.69) is 16.6 Å². The number of rotatable bonds is 7. The first-order valence-corrected chi connectivity index (χ1v) is 4.36. The van der Waals surface area contributed by atoms with E-state index >= 15 is 0 Å². The topological polar surface area (TPSA) is 44.8 Å². The maximum atomic E-state index is 11.2. The Morgan fingerprint density at radius 2 is 1.67 bits per heavy atom. The standard InChI is InChI=1S/C11H14O4/c1-4-6-14-8-10(11(12)13-3)9-15-7-5-2/h1-2,10H,6-9H2,3H3. The van der Waals surface area contributed by atoms with Crippen LogP contribution >= 0.6 is 0 Å². The normalized spacial score (nSPS) is 9.33. The number of carbonyl (C=O) groups excluding carboxylic acids is 1. The molecule has 0 aliphatic rings. The van der Waals surface area contributed by atoms with Crippen LogP contribution in [0.3, 0.4) is 0 Å². The fourth-order valence-electron chi connectivity index (χ4n) is 0.871. The van der Waals surface area contributed by atoms with E-state index in [0.717, 1.165) is 0 Å². The van der Waals surface area contributed by atoms with Crippen molar-refractivity contribution in [2.75, 3.05) is 33.5 Å². The number of hydrogen-bond donors (Lipinski definition) is 0. The minimum Gasteiger partial charge on any atom is -0.469 e. The second kappa shape index (κ2) is 9.08. The molecule has 15 heavy (non-hydrogen) atoms. The van der Waals surface area contributed by atoms with Crippen molar-refractivity contribution in [3.8, 4) is 24.7 Å². The van der Waals surface area contributed by atoms with E-state index in [0.29, 0.717) is 0 Å². The van der Waals surface area contributed by atoms with Gasteiger partial charge in [0.05, 0.1) is 20.3 Å². The summed E-state index contributed by atoms with van der Waals surface area (Å²) in [6, 6.07) is 0. The van der Waals surface area contributed by atoms with Gasteiger partial charge in [-0.25, -0.2) is 0 Å². The predicted octanol–water partition coefficient (Wildman–Crippen LogP) is 0.0752. The molecule has 0 fully saturated rings. The quantitative estimate of drug-likeness (QED) is 0.339. The molecule has 0 unspecified atom stereocenters. The van der Waals surface area contributed by atoms with Gasteiger partial charge in [0.2, 0.25) is 0 Å². The second-order valence-electron chi connectivity index (χ2n) is 2.66. The van der Waals surface area contributed by atoms with Crippen LogP contribution in [-0.2, 0) is 19.0 Å². The first-order chi connectivity index (χ1) is 7.26. The van der Waals surface area contributed by atoms with Crippen molar-refractivity contribution in [3.05, 3.63) is 0 Å². The SMILES string of the molecule is C#CCOCC(COCC#C)C(=O)OC. The molecule has 0 N–H and O–H groups in total. The summed E-state index contributed by atoms with van der Waals surface area (Å²) in [6.07, 6.45) is 9.99. The Labute approximate surface area is 89.9 Å². The molecule has 0 aromatic heterocycles. The molecule has 0 atom stereocenters. The fourth-order valence-corrected chi connectivity index (χ4v) is 0.871. The van der Waals surface area contributed by atoms with Crippen LogP contribution in [0.4, 0.5) is 0 Å². The van der Waals surface area contributed by atoms with Crippen LogP contribution < -0.4 is 0 Å². The van der Waals surface area contributed by atoms with Crippen LogP contribution in [0.15, 0.2) is 0 Å². The first kappa shape index (κ1) is 13.5. The minimum atomic E-state index is -0.489. The molecular formula is C11H14O4. The van der Waals surface area contributed by atoms with E-state index in [1.807, 2.05) is 0 Å². The highest BCUT2D eigenvalue weighted by Crippen LogP contribution is 2.01. The summed E-state index contributed by atoms with van der Waals surface area (Å²) in [6.45, 7) is 0.647. The van der Waals surface area contributed by atoms with Crippen molar-refractivity contribution < 1.29 is 19.0 Å². The lowest BCUT2D eigenvalue weighted by molar-refractivity contribution is -0.149. The van der Waals surface area contributed by atoms with E-state index in [1.165, 1.54) is 7.11 Å². The van der Waals surface area contributed by atoms with Gasteiger partial charge >= 0.3 is 5.97 Å². The summed E-state index contributed by atoms with van der Waals surface area (Å²) in [5.74, 6) is 3.71. The Hall–Kier alpha value is -1.49. The van der Waals surface area contributed by atoms with Gasteiger partial charge in [-0.1, -0.05) is 11.8 Å². The maximum absolute atomic E-state index is 11.2. The van der Waals surface area contributed by atoms with Gasteiger partial charge in [0.1, 0.15) is 19.1 Å². The lowest BCUT2D eigenvalue weighted by Gasteiger charge is -2.13. The molecule has 0 rings (SSSR count). The lowest BCUT2D eigenvalue weighted by atomic mass is 10.2. The minimum absolute atomic E-state index is 0.155. The van der Waals surface area contributed by atoms with E-state index < -0.39 is 11.9 Å². The summed E-state index contributed by atoms with van der Waals surface area (Å²) < 4.78 is 14.6. The largest absolute Gasteiger partial charge is 0.469 e. The summed E-state index contributed by atoms with van der Waals surface area (Å²) in [5, 5.41) is 0. The smallest absolute Gasteiger partial charge is 0.313 e. The molecule has 0 saturated heterocycles. The molecular weight excluding hydrogens is 196 g/mol. The molecule has 0 heterocycles. The Morgan fingerprint density at radius 3 is 2.00 bits per heavy atom. The number of carbonyl (C=O) groups is 1. The highest BCUT2D eigenvalue weighted by atomic mass is 16.5.